The second kappa shape index (κ2) is 9.51. The maximum absolute atomic E-state index is 12.3. The third-order valence-corrected chi connectivity index (χ3v) is 5.98. The van der Waals surface area contributed by atoms with Gasteiger partial charge in [-0.05, 0) is 11.0 Å². The predicted molar refractivity (Wildman–Crippen MR) is 118 cm³/mol. The molecule has 1 aromatic carbocycles. The standard InChI is InChI=1S/C20H25N5O2S2/c1-20(2,3)15-7-5-14(6-8-15)16-11-28-18(22-16)23-17(26)12-29-19-24-21-13-25(19)9-10-27-4/h5-8,11,13H,9-10,12H2,1-4H3,(H,22,23,26). The fraction of sp³-hybridized carbons (Fsp3) is 0.400. The largest absolute Gasteiger partial charge is 0.383 e. The zero-order chi connectivity index (χ0) is 20.9. The number of methoxy groups -OCH3 is 1. The number of thioether (sulfide) groups is 1. The monoisotopic (exact) mass is 431 g/mol. The van der Waals surface area contributed by atoms with Crippen LogP contribution in [-0.4, -0.2) is 45.1 Å². The van der Waals surface area contributed by atoms with Crippen molar-refractivity contribution in [1.29, 1.82) is 0 Å². The Morgan fingerprint density at radius 3 is 2.72 bits per heavy atom. The zero-order valence-electron chi connectivity index (χ0n) is 17.0. The highest BCUT2D eigenvalue weighted by Crippen LogP contribution is 2.28. The van der Waals surface area contributed by atoms with Crippen molar-refractivity contribution in [3.05, 3.63) is 41.5 Å². The molecule has 0 atom stereocenters. The number of rotatable bonds is 8. The number of amides is 1. The zero-order valence-corrected chi connectivity index (χ0v) is 18.6. The Labute approximate surface area is 178 Å². The molecule has 0 radical (unpaired) electrons. The van der Waals surface area contributed by atoms with Gasteiger partial charge in [0, 0.05) is 24.6 Å². The van der Waals surface area contributed by atoms with E-state index in [1.165, 1.54) is 28.7 Å². The summed E-state index contributed by atoms with van der Waals surface area (Å²) in [6, 6.07) is 8.40. The number of thiazole rings is 1. The van der Waals surface area contributed by atoms with Crippen LogP contribution in [0.25, 0.3) is 11.3 Å². The molecule has 0 aliphatic rings. The Balaban J connectivity index is 1.56. The molecular formula is C20H25N5O2S2. The number of benzene rings is 1. The van der Waals surface area contributed by atoms with Gasteiger partial charge in [-0.15, -0.1) is 21.5 Å². The maximum atomic E-state index is 12.3. The van der Waals surface area contributed by atoms with Crippen LogP contribution in [0.2, 0.25) is 0 Å². The quantitative estimate of drug-likeness (QED) is 0.541. The number of carbonyl (C=O) groups excluding carboxylic acids is 1. The summed E-state index contributed by atoms with van der Waals surface area (Å²) in [6.07, 6.45) is 1.64. The lowest BCUT2D eigenvalue weighted by molar-refractivity contribution is -0.113. The van der Waals surface area contributed by atoms with E-state index in [1.807, 2.05) is 9.95 Å². The predicted octanol–water partition coefficient (Wildman–Crippen LogP) is 4.08. The summed E-state index contributed by atoms with van der Waals surface area (Å²) in [5.41, 5.74) is 3.29. The highest BCUT2D eigenvalue weighted by molar-refractivity contribution is 7.99. The smallest absolute Gasteiger partial charge is 0.236 e. The third-order valence-electron chi connectivity index (χ3n) is 4.25. The topological polar surface area (TPSA) is 81.9 Å². The van der Waals surface area contributed by atoms with Crippen molar-refractivity contribution in [1.82, 2.24) is 19.7 Å². The van der Waals surface area contributed by atoms with Crippen LogP contribution in [0.1, 0.15) is 26.3 Å². The molecule has 0 spiro atoms. The molecule has 9 heteroatoms. The first-order valence-electron chi connectivity index (χ1n) is 9.22. The van der Waals surface area contributed by atoms with Crippen LogP contribution in [0.4, 0.5) is 5.13 Å². The van der Waals surface area contributed by atoms with E-state index in [9.17, 15) is 4.79 Å². The highest BCUT2D eigenvalue weighted by Gasteiger charge is 2.14. The fourth-order valence-electron chi connectivity index (χ4n) is 2.59. The van der Waals surface area contributed by atoms with E-state index in [0.717, 1.165) is 11.3 Å². The molecule has 0 saturated carbocycles. The van der Waals surface area contributed by atoms with Crippen molar-refractivity contribution < 1.29 is 9.53 Å². The minimum Gasteiger partial charge on any atom is -0.383 e. The molecule has 154 valence electrons. The van der Waals surface area contributed by atoms with Crippen LogP contribution >= 0.6 is 23.1 Å². The molecule has 3 rings (SSSR count). The van der Waals surface area contributed by atoms with Gasteiger partial charge >= 0.3 is 0 Å². The van der Waals surface area contributed by atoms with E-state index >= 15 is 0 Å². The third kappa shape index (κ3) is 5.88. The minimum absolute atomic E-state index is 0.116. The Kier molecular flexibility index (Phi) is 7.05. The van der Waals surface area contributed by atoms with Crippen LogP contribution in [-0.2, 0) is 21.5 Å². The van der Waals surface area contributed by atoms with E-state index < -0.39 is 0 Å². The van der Waals surface area contributed by atoms with Crippen molar-refractivity contribution in [2.75, 3.05) is 24.8 Å². The van der Waals surface area contributed by atoms with Gasteiger partial charge in [-0.2, -0.15) is 0 Å². The summed E-state index contributed by atoms with van der Waals surface area (Å²) in [7, 11) is 1.64. The molecule has 7 nitrogen and oxygen atoms in total. The summed E-state index contributed by atoms with van der Waals surface area (Å²) >= 11 is 2.76. The van der Waals surface area contributed by atoms with Crippen molar-refractivity contribution in [3.8, 4) is 11.3 Å². The number of nitrogens with one attached hydrogen (secondary N) is 1. The lowest BCUT2D eigenvalue weighted by atomic mass is 9.86. The van der Waals surface area contributed by atoms with E-state index in [2.05, 4.69) is 65.5 Å². The molecule has 0 saturated heterocycles. The molecule has 3 aromatic rings. The van der Waals surface area contributed by atoms with Crippen LogP contribution in [0.3, 0.4) is 0 Å². The summed E-state index contributed by atoms with van der Waals surface area (Å²) in [5, 5.41) is 14.0. The first kappa shape index (κ1) is 21.5. The Bertz CT molecular complexity index is 944. The summed E-state index contributed by atoms with van der Waals surface area (Å²) < 4.78 is 6.93. The average molecular weight is 432 g/mol. The van der Waals surface area contributed by atoms with Crippen molar-refractivity contribution in [3.63, 3.8) is 0 Å². The molecule has 2 heterocycles. The highest BCUT2D eigenvalue weighted by atomic mass is 32.2. The summed E-state index contributed by atoms with van der Waals surface area (Å²) in [4.78, 5) is 16.8. The van der Waals surface area contributed by atoms with Gasteiger partial charge < -0.3 is 14.6 Å². The van der Waals surface area contributed by atoms with Crippen LogP contribution in [0.15, 0.2) is 41.1 Å². The molecule has 0 bridgehead atoms. The summed E-state index contributed by atoms with van der Waals surface area (Å²) in [6.45, 7) is 7.79. The molecule has 1 N–H and O–H groups in total. The van der Waals surface area contributed by atoms with Gasteiger partial charge in [-0.3, -0.25) is 4.79 Å². The lowest BCUT2D eigenvalue weighted by Gasteiger charge is -2.18. The normalized spacial score (nSPS) is 11.6. The molecule has 0 unspecified atom stereocenters. The van der Waals surface area contributed by atoms with E-state index in [4.69, 9.17) is 4.74 Å². The van der Waals surface area contributed by atoms with Gasteiger partial charge in [0.15, 0.2) is 10.3 Å². The van der Waals surface area contributed by atoms with Crippen molar-refractivity contribution >= 4 is 34.1 Å². The number of nitrogens with zero attached hydrogens (tertiary/aromatic N) is 4. The Morgan fingerprint density at radius 1 is 1.28 bits per heavy atom. The van der Waals surface area contributed by atoms with Crippen LogP contribution in [0.5, 0.6) is 0 Å². The van der Waals surface area contributed by atoms with E-state index in [1.54, 1.807) is 13.4 Å². The van der Waals surface area contributed by atoms with Gasteiger partial charge in [-0.25, -0.2) is 4.98 Å². The van der Waals surface area contributed by atoms with Crippen LogP contribution in [0, 0.1) is 0 Å². The number of hydrogen-bond acceptors (Lipinski definition) is 7. The molecule has 2 aromatic heterocycles. The van der Waals surface area contributed by atoms with Gasteiger partial charge in [0.05, 0.1) is 18.1 Å². The first-order chi connectivity index (χ1) is 13.9. The molecule has 0 aliphatic heterocycles. The molecule has 1 amide bonds. The lowest BCUT2D eigenvalue weighted by Crippen LogP contribution is -2.14. The number of ether oxygens (including phenoxy) is 1. The number of hydrogen-bond donors (Lipinski definition) is 1. The Hall–Kier alpha value is -2.23. The number of aromatic nitrogens is 4. The summed E-state index contributed by atoms with van der Waals surface area (Å²) in [5.74, 6) is 0.112. The van der Waals surface area contributed by atoms with E-state index in [0.29, 0.717) is 23.4 Å². The Morgan fingerprint density at radius 2 is 2.03 bits per heavy atom. The van der Waals surface area contributed by atoms with Crippen molar-refractivity contribution in [2.45, 2.75) is 37.9 Å². The van der Waals surface area contributed by atoms with Crippen molar-refractivity contribution in [2.24, 2.45) is 0 Å². The molecule has 29 heavy (non-hydrogen) atoms. The van der Waals surface area contributed by atoms with Gasteiger partial charge in [-0.1, -0.05) is 56.8 Å². The van der Waals surface area contributed by atoms with Gasteiger partial charge in [0.1, 0.15) is 6.33 Å². The van der Waals surface area contributed by atoms with E-state index in [-0.39, 0.29) is 17.1 Å². The van der Waals surface area contributed by atoms with Gasteiger partial charge in [0.2, 0.25) is 5.91 Å². The van der Waals surface area contributed by atoms with Crippen LogP contribution < -0.4 is 5.32 Å². The average Bonchev–Trinajstić information content (AvgIpc) is 3.33. The fourth-order valence-corrected chi connectivity index (χ4v) is 4.07. The maximum Gasteiger partial charge on any atom is 0.236 e. The SMILES string of the molecule is COCCn1cnnc1SCC(=O)Nc1nc(-c2ccc(C(C)(C)C)cc2)cs1. The second-order valence-electron chi connectivity index (χ2n) is 7.50. The molecular weight excluding hydrogens is 406 g/mol. The number of carbonyl (C=O) groups is 1. The number of anilines is 1. The second-order valence-corrected chi connectivity index (χ2v) is 9.30. The first-order valence-corrected chi connectivity index (χ1v) is 11.1. The van der Waals surface area contributed by atoms with Gasteiger partial charge in [0.25, 0.3) is 0 Å². The minimum atomic E-state index is -0.125. The molecule has 0 fully saturated rings. The molecule has 0 aliphatic carbocycles.